The molecule has 0 spiro atoms. The molecule has 0 aromatic carbocycles. The molecule has 16 heavy (non-hydrogen) atoms. The molecule has 0 saturated carbocycles. The monoisotopic (exact) mass is 219 g/mol. The number of nitrogens with one attached hydrogen (secondary N) is 1. The smallest absolute Gasteiger partial charge is 0.325 e. The van der Waals surface area contributed by atoms with Gasteiger partial charge in [-0.3, -0.25) is 4.79 Å². The first-order valence-corrected chi connectivity index (χ1v) is 4.99. The second-order valence-corrected chi connectivity index (χ2v) is 3.73. The highest BCUT2D eigenvalue weighted by atomic mass is 16.4. The van der Waals surface area contributed by atoms with Crippen LogP contribution in [-0.4, -0.2) is 26.7 Å². The van der Waals surface area contributed by atoms with Crippen LogP contribution >= 0.6 is 0 Å². The van der Waals surface area contributed by atoms with Crippen molar-refractivity contribution in [2.45, 2.75) is 13.0 Å². The molecule has 2 heterocycles. The quantitative estimate of drug-likeness (QED) is 0.820. The Kier molecular flexibility index (Phi) is 2.52. The van der Waals surface area contributed by atoms with E-state index in [2.05, 4.69) is 10.3 Å². The Hall–Kier alpha value is -2.04. The number of aliphatic carboxylic acids is 1. The van der Waals surface area contributed by atoms with Crippen molar-refractivity contribution in [1.29, 1.82) is 0 Å². The number of hydrogen-bond acceptors (Lipinski definition) is 3. The Bertz CT molecular complexity index is 533. The zero-order valence-corrected chi connectivity index (χ0v) is 9.14. The first-order chi connectivity index (χ1) is 7.59. The van der Waals surface area contributed by atoms with Crippen molar-refractivity contribution in [1.82, 2.24) is 9.55 Å². The molecule has 84 valence electrons. The lowest BCUT2D eigenvalue weighted by Crippen LogP contribution is -2.25. The largest absolute Gasteiger partial charge is 0.480 e. The molecule has 0 bridgehead atoms. The fourth-order valence-corrected chi connectivity index (χ4v) is 1.59. The number of nitrogens with zero attached hydrogens (tertiary/aromatic N) is 2. The van der Waals surface area contributed by atoms with Gasteiger partial charge in [-0.25, -0.2) is 4.98 Å². The number of rotatable bonds is 3. The number of anilines is 1. The summed E-state index contributed by atoms with van der Waals surface area (Å²) in [5.74, 6) is -0.874. The number of carbonyl (C=O) groups is 1. The van der Waals surface area contributed by atoms with E-state index in [0.29, 0.717) is 0 Å². The van der Waals surface area contributed by atoms with Crippen molar-refractivity contribution < 1.29 is 9.90 Å². The van der Waals surface area contributed by atoms with Crippen LogP contribution in [0.5, 0.6) is 0 Å². The normalized spacial score (nSPS) is 12.6. The van der Waals surface area contributed by atoms with Crippen LogP contribution in [-0.2, 0) is 11.8 Å². The number of fused-ring (bicyclic) bond motifs is 1. The molecule has 0 aliphatic heterocycles. The third kappa shape index (κ3) is 1.71. The van der Waals surface area contributed by atoms with E-state index in [0.717, 1.165) is 16.7 Å². The molecule has 0 aliphatic carbocycles. The molecule has 2 aromatic rings. The fourth-order valence-electron chi connectivity index (χ4n) is 1.59. The summed E-state index contributed by atoms with van der Waals surface area (Å²) < 4.78 is 1.89. The number of pyridine rings is 1. The average molecular weight is 219 g/mol. The highest BCUT2D eigenvalue weighted by Crippen LogP contribution is 2.22. The summed E-state index contributed by atoms with van der Waals surface area (Å²) in [4.78, 5) is 15.0. The zero-order valence-electron chi connectivity index (χ0n) is 9.14. The Morgan fingerprint density at radius 1 is 1.56 bits per heavy atom. The van der Waals surface area contributed by atoms with E-state index < -0.39 is 12.0 Å². The molecule has 5 heteroatoms. The summed E-state index contributed by atoms with van der Waals surface area (Å²) in [6.07, 6.45) is 3.56. The maximum absolute atomic E-state index is 10.8. The molecule has 2 N–H and O–H groups in total. The van der Waals surface area contributed by atoms with Crippen LogP contribution in [0.25, 0.3) is 11.0 Å². The van der Waals surface area contributed by atoms with Crippen molar-refractivity contribution in [3.05, 3.63) is 24.5 Å². The van der Waals surface area contributed by atoms with Gasteiger partial charge in [0.05, 0.1) is 0 Å². The van der Waals surface area contributed by atoms with E-state index in [1.165, 1.54) is 0 Å². The lowest BCUT2D eigenvalue weighted by molar-refractivity contribution is -0.137. The first kappa shape index (κ1) is 10.5. The van der Waals surface area contributed by atoms with Gasteiger partial charge < -0.3 is 15.0 Å². The lowest BCUT2D eigenvalue weighted by Gasteiger charge is -2.11. The van der Waals surface area contributed by atoms with Crippen molar-refractivity contribution in [2.24, 2.45) is 7.05 Å². The topological polar surface area (TPSA) is 67.2 Å². The molecule has 0 radical (unpaired) electrons. The predicted octanol–water partition coefficient (Wildman–Crippen LogP) is 1.46. The minimum atomic E-state index is -0.874. The molecule has 2 rings (SSSR count). The van der Waals surface area contributed by atoms with Gasteiger partial charge in [-0.2, -0.15) is 0 Å². The van der Waals surface area contributed by atoms with Crippen LogP contribution < -0.4 is 5.32 Å². The Morgan fingerprint density at radius 3 is 3.00 bits per heavy atom. The molecule has 1 atom stereocenters. The number of carboxylic acid groups (broad SMARTS) is 1. The van der Waals surface area contributed by atoms with E-state index in [-0.39, 0.29) is 0 Å². The van der Waals surface area contributed by atoms with Gasteiger partial charge in [-0.15, -0.1) is 0 Å². The highest BCUT2D eigenvalue weighted by molar-refractivity contribution is 5.91. The Balaban J connectivity index is 2.41. The minimum Gasteiger partial charge on any atom is -0.480 e. The van der Waals surface area contributed by atoms with Gasteiger partial charge >= 0.3 is 5.97 Å². The Labute approximate surface area is 92.7 Å². The van der Waals surface area contributed by atoms with Crippen LogP contribution in [0.3, 0.4) is 0 Å². The molecular weight excluding hydrogens is 206 g/mol. The van der Waals surface area contributed by atoms with Crippen LogP contribution in [0.2, 0.25) is 0 Å². The van der Waals surface area contributed by atoms with Crippen molar-refractivity contribution in [2.75, 3.05) is 5.32 Å². The molecule has 0 amide bonds. The summed E-state index contributed by atoms with van der Waals surface area (Å²) in [5.41, 5.74) is 1.63. The van der Waals surface area contributed by atoms with Crippen LogP contribution in [0, 0.1) is 0 Å². The van der Waals surface area contributed by atoms with Crippen molar-refractivity contribution in [3.8, 4) is 0 Å². The second-order valence-electron chi connectivity index (χ2n) is 3.73. The molecular formula is C11H13N3O2. The summed E-state index contributed by atoms with van der Waals surface area (Å²) in [7, 11) is 1.90. The minimum absolute atomic E-state index is 0.620. The molecule has 5 nitrogen and oxygen atoms in total. The third-order valence-electron chi connectivity index (χ3n) is 2.51. The maximum Gasteiger partial charge on any atom is 0.325 e. The van der Waals surface area contributed by atoms with Gasteiger partial charge in [0.1, 0.15) is 11.7 Å². The fraction of sp³-hybridized carbons (Fsp3) is 0.273. The molecule has 1 unspecified atom stereocenters. The van der Waals surface area contributed by atoms with Crippen molar-refractivity contribution in [3.63, 3.8) is 0 Å². The standard InChI is InChI=1S/C11H13N3O2/c1-7(11(15)16)13-9-3-5-12-10-8(9)4-6-14(10)2/h3-7H,1-2H3,(H,12,13)(H,15,16). The number of hydrogen-bond donors (Lipinski definition) is 2. The van der Waals surface area contributed by atoms with Gasteiger partial charge in [0, 0.05) is 30.5 Å². The number of aromatic nitrogens is 2. The maximum atomic E-state index is 10.8. The van der Waals surface area contributed by atoms with E-state index in [1.807, 2.05) is 23.9 Å². The van der Waals surface area contributed by atoms with Gasteiger partial charge in [-0.1, -0.05) is 0 Å². The van der Waals surface area contributed by atoms with Gasteiger partial charge in [0.15, 0.2) is 0 Å². The first-order valence-electron chi connectivity index (χ1n) is 4.99. The second kappa shape index (κ2) is 3.84. The molecule has 0 aliphatic rings. The average Bonchev–Trinajstić information content (AvgIpc) is 2.62. The Morgan fingerprint density at radius 2 is 2.31 bits per heavy atom. The van der Waals surface area contributed by atoms with Crippen LogP contribution in [0.1, 0.15) is 6.92 Å². The molecule has 2 aromatic heterocycles. The lowest BCUT2D eigenvalue weighted by atomic mass is 10.2. The van der Waals surface area contributed by atoms with Crippen LogP contribution in [0.4, 0.5) is 5.69 Å². The zero-order chi connectivity index (χ0) is 11.7. The SMILES string of the molecule is CC(Nc1ccnc2c1ccn2C)C(=O)O. The summed E-state index contributed by atoms with van der Waals surface area (Å²) in [5, 5.41) is 12.7. The van der Waals surface area contributed by atoms with Crippen molar-refractivity contribution >= 4 is 22.7 Å². The third-order valence-corrected chi connectivity index (χ3v) is 2.51. The summed E-state index contributed by atoms with van der Waals surface area (Å²) in [6.45, 7) is 1.61. The number of aryl methyl sites for hydroxylation is 1. The molecule has 0 saturated heterocycles. The highest BCUT2D eigenvalue weighted by Gasteiger charge is 2.12. The van der Waals surface area contributed by atoms with Crippen LogP contribution in [0.15, 0.2) is 24.5 Å². The predicted molar refractivity (Wildman–Crippen MR) is 61.4 cm³/mol. The van der Waals surface area contributed by atoms with E-state index in [4.69, 9.17) is 5.11 Å². The summed E-state index contributed by atoms with van der Waals surface area (Å²) in [6, 6.07) is 3.08. The van der Waals surface area contributed by atoms with E-state index in [1.54, 1.807) is 19.2 Å². The summed E-state index contributed by atoms with van der Waals surface area (Å²) >= 11 is 0. The molecule has 0 fully saturated rings. The van der Waals surface area contributed by atoms with E-state index >= 15 is 0 Å². The van der Waals surface area contributed by atoms with Gasteiger partial charge in [0.2, 0.25) is 0 Å². The van der Waals surface area contributed by atoms with E-state index in [9.17, 15) is 4.79 Å². The number of carboxylic acids is 1. The van der Waals surface area contributed by atoms with Gasteiger partial charge in [-0.05, 0) is 19.1 Å². The van der Waals surface area contributed by atoms with Gasteiger partial charge in [0.25, 0.3) is 0 Å².